The van der Waals surface area contributed by atoms with Crippen molar-refractivity contribution in [3.8, 4) is 0 Å². The highest BCUT2D eigenvalue weighted by molar-refractivity contribution is 5.18. The zero-order valence-corrected chi connectivity index (χ0v) is 13.4. The lowest BCUT2D eigenvalue weighted by atomic mass is 10.0. The lowest BCUT2D eigenvalue weighted by molar-refractivity contribution is -0.132. The average molecular weight is 329 g/mol. The van der Waals surface area contributed by atoms with Crippen LogP contribution in [0.25, 0.3) is 0 Å². The molecule has 5 nitrogen and oxygen atoms in total. The van der Waals surface area contributed by atoms with Gasteiger partial charge in [-0.3, -0.25) is 4.90 Å². The van der Waals surface area contributed by atoms with Crippen molar-refractivity contribution >= 4 is 0 Å². The van der Waals surface area contributed by atoms with Gasteiger partial charge in [0.05, 0.1) is 12.6 Å². The van der Waals surface area contributed by atoms with Gasteiger partial charge < -0.3 is 20.1 Å². The van der Waals surface area contributed by atoms with Gasteiger partial charge in [0.25, 0.3) is 0 Å². The van der Waals surface area contributed by atoms with Crippen molar-refractivity contribution in [2.45, 2.75) is 37.6 Å². The van der Waals surface area contributed by atoms with Crippen molar-refractivity contribution in [3.63, 3.8) is 0 Å². The summed E-state index contributed by atoms with van der Waals surface area (Å²) in [5.41, 5.74) is 2.19. The molecule has 1 fully saturated rings. The minimum absolute atomic E-state index is 0.251. The fourth-order valence-electron chi connectivity index (χ4n) is 3.23. The van der Waals surface area contributed by atoms with E-state index in [4.69, 9.17) is 4.74 Å². The highest BCUT2D eigenvalue weighted by atomic mass is 16.6. The Kier molecular flexibility index (Phi) is 5.60. The van der Waals surface area contributed by atoms with Crippen LogP contribution in [0.5, 0.6) is 0 Å². The first kappa shape index (κ1) is 17.1. The molecule has 3 rings (SSSR count). The van der Waals surface area contributed by atoms with Gasteiger partial charge in [0, 0.05) is 13.1 Å². The highest BCUT2D eigenvalue weighted by Crippen LogP contribution is 2.27. The Morgan fingerprint density at radius 1 is 0.833 bits per heavy atom. The summed E-state index contributed by atoms with van der Waals surface area (Å²) in [5, 5.41) is 29.8. The minimum Gasteiger partial charge on any atom is -0.394 e. The fraction of sp³-hybridized carbons (Fsp3) is 0.368. The van der Waals surface area contributed by atoms with Crippen LogP contribution in [0.3, 0.4) is 0 Å². The quantitative estimate of drug-likeness (QED) is 0.741. The zero-order chi connectivity index (χ0) is 16.9. The van der Waals surface area contributed by atoms with Crippen LogP contribution in [0.15, 0.2) is 60.7 Å². The van der Waals surface area contributed by atoms with Gasteiger partial charge in [0.2, 0.25) is 0 Å². The molecule has 0 amide bonds. The van der Waals surface area contributed by atoms with Crippen LogP contribution in [0.1, 0.15) is 11.1 Å². The Hall–Kier alpha value is -1.76. The smallest absolute Gasteiger partial charge is 0.182 e. The maximum Gasteiger partial charge on any atom is 0.182 e. The molecule has 4 atom stereocenters. The van der Waals surface area contributed by atoms with Gasteiger partial charge in [-0.25, -0.2) is 0 Å². The van der Waals surface area contributed by atoms with E-state index in [1.165, 1.54) is 0 Å². The number of aliphatic hydroxyl groups excluding tert-OH is 3. The van der Waals surface area contributed by atoms with E-state index in [2.05, 4.69) is 0 Å². The van der Waals surface area contributed by atoms with Crippen molar-refractivity contribution in [1.29, 1.82) is 0 Å². The molecular formula is C19H23NO4. The number of benzene rings is 2. The highest BCUT2D eigenvalue weighted by Gasteiger charge is 2.45. The third-order valence-electron chi connectivity index (χ3n) is 4.40. The summed E-state index contributed by atoms with van der Waals surface area (Å²) < 4.78 is 5.31. The molecule has 1 heterocycles. The number of rotatable bonds is 6. The Morgan fingerprint density at radius 2 is 1.33 bits per heavy atom. The summed E-state index contributed by atoms with van der Waals surface area (Å²) >= 11 is 0. The van der Waals surface area contributed by atoms with Crippen LogP contribution in [-0.4, -0.2) is 51.4 Å². The number of hydrogen-bond acceptors (Lipinski definition) is 5. The number of hydrogen-bond donors (Lipinski definition) is 3. The SMILES string of the molecule is OC[C@H]1O[C@H](O)C(O)[C@H]1N(Cc1ccccc1)Cc1ccccc1. The third kappa shape index (κ3) is 3.83. The normalized spacial score (nSPS) is 26.8. The van der Waals surface area contributed by atoms with Crippen molar-refractivity contribution in [2.24, 2.45) is 0 Å². The molecule has 1 aliphatic rings. The maximum atomic E-state index is 10.4. The van der Waals surface area contributed by atoms with Crippen LogP contribution in [0.2, 0.25) is 0 Å². The molecule has 0 aliphatic carbocycles. The summed E-state index contributed by atoms with van der Waals surface area (Å²) in [6.45, 7) is 0.924. The fourth-order valence-corrected chi connectivity index (χ4v) is 3.23. The van der Waals surface area contributed by atoms with E-state index in [9.17, 15) is 15.3 Å². The Bertz CT molecular complexity index is 580. The molecule has 1 aliphatic heterocycles. The van der Waals surface area contributed by atoms with E-state index in [0.717, 1.165) is 11.1 Å². The molecule has 0 saturated carbocycles. The summed E-state index contributed by atoms with van der Waals surface area (Å²) in [7, 11) is 0. The van der Waals surface area contributed by atoms with Crippen molar-refractivity contribution in [2.75, 3.05) is 6.61 Å². The van der Waals surface area contributed by atoms with E-state index in [-0.39, 0.29) is 6.61 Å². The molecule has 128 valence electrons. The van der Waals surface area contributed by atoms with Crippen LogP contribution in [0.4, 0.5) is 0 Å². The summed E-state index contributed by atoms with van der Waals surface area (Å²) in [4.78, 5) is 2.05. The predicted molar refractivity (Wildman–Crippen MR) is 89.9 cm³/mol. The summed E-state index contributed by atoms with van der Waals surface area (Å²) in [6, 6.07) is 19.4. The largest absolute Gasteiger partial charge is 0.394 e. The zero-order valence-electron chi connectivity index (χ0n) is 13.4. The topological polar surface area (TPSA) is 73.2 Å². The van der Waals surface area contributed by atoms with Crippen molar-refractivity contribution in [1.82, 2.24) is 4.90 Å². The Morgan fingerprint density at radius 3 is 1.79 bits per heavy atom. The molecule has 2 aromatic rings. The van der Waals surface area contributed by atoms with E-state index >= 15 is 0 Å². The number of aliphatic hydroxyl groups is 3. The second kappa shape index (κ2) is 7.88. The molecule has 0 aromatic heterocycles. The molecule has 3 N–H and O–H groups in total. The first-order valence-electron chi connectivity index (χ1n) is 8.13. The van der Waals surface area contributed by atoms with Gasteiger partial charge in [-0.05, 0) is 11.1 Å². The minimum atomic E-state index is -1.28. The second-order valence-corrected chi connectivity index (χ2v) is 6.11. The van der Waals surface area contributed by atoms with Crippen LogP contribution in [0, 0.1) is 0 Å². The third-order valence-corrected chi connectivity index (χ3v) is 4.40. The van der Waals surface area contributed by atoms with E-state index in [1.54, 1.807) is 0 Å². The molecule has 24 heavy (non-hydrogen) atoms. The molecule has 5 heteroatoms. The van der Waals surface area contributed by atoms with Crippen molar-refractivity contribution < 1.29 is 20.1 Å². The average Bonchev–Trinajstić information content (AvgIpc) is 2.90. The molecule has 1 saturated heterocycles. The van der Waals surface area contributed by atoms with Crippen LogP contribution >= 0.6 is 0 Å². The maximum absolute atomic E-state index is 10.4. The van der Waals surface area contributed by atoms with Crippen molar-refractivity contribution in [3.05, 3.63) is 71.8 Å². The van der Waals surface area contributed by atoms with Gasteiger partial charge in [0.15, 0.2) is 6.29 Å². The second-order valence-electron chi connectivity index (χ2n) is 6.11. The summed E-state index contributed by atoms with van der Waals surface area (Å²) in [6.07, 6.45) is -2.96. The summed E-state index contributed by atoms with van der Waals surface area (Å²) in [5.74, 6) is 0. The van der Waals surface area contributed by atoms with Gasteiger partial charge in [-0.1, -0.05) is 60.7 Å². The molecule has 0 spiro atoms. The van der Waals surface area contributed by atoms with Gasteiger partial charge in [-0.15, -0.1) is 0 Å². The molecular weight excluding hydrogens is 306 g/mol. The lowest BCUT2D eigenvalue weighted by Gasteiger charge is -2.33. The number of nitrogens with zero attached hydrogens (tertiary/aromatic N) is 1. The Balaban J connectivity index is 1.86. The van der Waals surface area contributed by atoms with E-state index < -0.39 is 24.5 Å². The lowest BCUT2D eigenvalue weighted by Crippen LogP contribution is -2.48. The molecule has 0 radical (unpaired) electrons. The first-order chi connectivity index (χ1) is 11.7. The van der Waals surface area contributed by atoms with Crippen LogP contribution < -0.4 is 0 Å². The molecule has 1 unspecified atom stereocenters. The predicted octanol–water partition coefficient (Wildman–Crippen LogP) is 1.13. The van der Waals surface area contributed by atoms with Gasteiger partial charge >= 0.3 is 0 Å². The van der Waals surface area contributed by atoms with Gasteiger partial charge in [0.1, 0.15) is 12.2 Å². The van der Waals surface area contributed by atoms with E-state index in [0.29, 0.717) is 13.1 Å². The first-order valence-corrected chi connectivity index (χ1v) is 8.13. The molecule has 0 bridgehead atoms. The molecule has 2 aromatic carbocycles. The van der Waals surface area contributed by atoms with E-state index in [1.807, 2.05) is 65.6 Å². The van der Waals surface area contributed by atoms with Crippen LogP contribution in [-0.2, 0) is 17.8 Å². The standard InChI is InChI=1S/C19H23NO4/c21-13-16-17(18(22)19(23)24-16)20(11-14-7-3-1-4-8-14)12-15-9-5-2-6-10-15/h1-10,16-19,21-23H,11-13H2/t16-,17+,18?,19+/m1/s1. The monoisotopic (exact) mass is 329 g/mol. The number of ether oxygens (including phenoxy) is 1. The Labute approximate surface area is 141 Å². The van der Waals surface area contributed by atoms with Gasteiger partial charge in [-0.2, -0.15) is 0 Å².